The third kappa shape index (κ3) is 8.24. The van der Waals surface area contributed by atoms with E-state index in [2.05, 4.69) is 37.5 Å². The van der Waals surface area contributed by atoms with Gasteiger partial charge in [0.2, 0.25) is 0 Å². The molecule has 1 aromatic heterocycles. The molecule has 1 heterocycles. The Kier molecular flexibility index (Phi) is 11.5. The van der Waals surface area contributed by atoms with Crippen molar-refractivity contribution in [1.29, 1.82) is 0 Å². The number of carbonyl (C=O) groups excluding carboxylic acids is 1. The molecule has 0 saturated carbocycles. The lowest BCUT2D eigenvalue weighted by Crippen LogP contribution is -2.38. The van der Waals surface area contributed by atoms with Crippen LogP contribution in [0, 0.1) is 0 Å². The zero-order chi connectivity index (χ0) is 16.4. The normalized spacial score (nSPS) is 10.9. The average molecular weight is 436 g/mol. The summed E-state index contributed by atoms with van der Waals surface area (Å²) in [4.78, 5) is 17.8. The SMILES string of the molecule is CCNC(=NCCCCC(=O)OC)N(C)Cc1cccn1C.I. The highest BCUT2D eigenvalue weighted by Gasteiger charge is 2.08. The average Bonchev–Trinajstić information content (AvgIpc) is 2.90. The number of methoxy groups -OCH3 is 1. The van der Waals surface area contributed by atoms with Crippen molar-refractivity contribution >= 4 is 35.9 Å². The molecule has 6 nitrogen and oxygen atoms in total. The monoisotopic (exact) mass is 436 g/mol. The first-order valence-corrected chi connectivity index (χ1v) is 7.75. The van der Waals surface area contributed by atoms with Crippen LogP contribution >= 0.6 is 24.0 Å². The van der Waals surface area contributed by atoms with E-state index >= 15 is 0 Å². The van der Waals surface area contributed by atoms with Crippen molar-refractivity contribution in [2.24, 2.45) is 12.0 Å². The lowest BCUT2D eigenvalue weighted by atomic mass is 10.2. The second-order valence-corrected chi connectivity index (χ2v) is 5.24. The predicted molar refractivity (Wildman–Crippen MR) is 104 cm³/mol. The van der Waals surface area contributed by atoms with Gasteiger partial charge in [0.15, 0.2) is 5.96 Å². The van der Waals surface area contributed by atoms with Gasteiger partial charge in [0, 0.05) is 45.5 Å². The summed E-state index contributed by atoms with van der Waals surface area (Å²) in [6.07, 6.45) is 4.18. The highest BCUT2D eigenvalue weighted by molar-refractivity contribution is 14.0. The lowest BCUT2D eigenvalue weighted by Gasteiger charge is -2.22. The molecule has 132 valence electrons. The Hall–Kier alpha value is -1.25. The molecule has 0 aliphatic carbocycles. The molecule has 0 unspecified atom stereocenters. The minimum atomic E-state index is -0.156. The number of aliphatic imine (C=N–C) groups is 1. The Morgan fingerprint density at radius 2 is 2.17 bits per heavy atom. The number of aromatic nitrogens is 1. The Labute approximate surface area is 156 Å². The van der Waals surface area contributed by atoms with Gasteiger partial charge in [-0.1, -0.05) is 0 Å². The maximum absolute atomic E-state index is 11.0. The number of guanidine groups is 1. The standard InChI is InChI=1S/C16H28N4O2.HI/c1-5-17-16(18-11-7-6-10-15(21)22-4)20(3)13-14-9-8-12-19(14)2;/h8-9,12H,5-7,10-11,13H2,1-4H3,(H,17,18);1H. The van der Waals surface area contributed by atoms with Gasteiger partial charge in [0.1, 0.15) is 0 Å². The summed E-state index contributed by atoms with van der Waals surface area (Å²) in [7, 11) is 5.49. The predicted octanol–water partition coefficient (Wildman–Crippen LogP) is 2.38. The van der Waals surface area contributed by atoms with Crippen molar-refractivity contribution in [2.45, 2.75) is 32.7 Å². The van der Waals surface area contributed by atoms with Gasteiger partial charge in [-0.15, -0.1) is 24.0 Å². The van der Waals surface area contributed by atoms with E-state index in [0.29, 0.717) is 13.0 Å². The van der Waals surface area contributed by atoms with Gasteiger partial charge in [0.25, 0.3) is 0 Å². The fourth-order valence-corrected chi connectivity index (χ4v) is 2.12. The highest BCUT2D eigenvalue weighted by Crippen LogP contribution is 2.04. The van der Waals surface area contributed by atoms with E-state index in [1.807, 2.05) is 26.4 Å². The third-order valence-electron chi connectivity index (χ3n) is 3.43. The topological polar surface area (TPSA) is 58.9 Å². The van der Waals surface area contributed by atoms with Crippen LogP contribution < -0.4 is 5.32 Å². The molecule has 0 bridgehead atoms. The molecule has 0 fully saturated rings. The van der Waals surface area contributed by atoms with E-state index in [-0.39, 0.29) is 29.9 Å². The van der Waals surface area contributed by atoms with Gasteiger partial charge in [-0.05, 0) is 31.9 Å². The molecule has 0 atom stereocenters. The summed E-state index contributed by atoms with van der Waals surface area (Å²) in [6, 6.07) is 4.15. The van der Waals surface area contributed by atoms with E-state index in [0.717, 1.165) is 31.9 Å². The van der Waals surface area contributed by atoms with Gasteiger partial charge in [-0.2, -0.15) is 0 Å². The van der Waals surface area contributed by atoms with E-state index in [4.69, 9.17) is 0 Å². The molecule has 0 aliphatic heterocycles. The molecule has 0 amide bonds. The van der Waals surface area contributed by atoms with Crippen molar-refractivity contribution < 1.29 is 9.53 Å². The molecule has 1 aromatic rings. The van der Waals surface area contributed by atoms with Crippen molar-refractivity contribution in [2.75, 3.05) is 27.2 Å². The van der Waals surface area contributed by atoms with E-state index in [9.17, 15) is 4.79 Å². The van der Waals surface area contributed by atoms with E-state index < -0.39 is 0 Å². The van der Waals surface area contributed by atoms with Gasteiger partial charge in [0.05, 0.1) is 13.7 Å². The molecule has 0 saturated heterocycles. The van der Waals surface area contributed by atoms with Crippen molar-refractivity contribution in [3.05, 3.63) is 24.0 Å². The number of hydrogen-bond acceptors (Lipinski definition) is 3. The summed E-state index contributed by atoms with van der Waals surface area (Å²) < 4.78 is 6.73. The van der Waals surface area contributed by atoms with E-state index in [1.54, 1.807) is 0 Å². The molecule has 0 aliphatic rings. The van der Waals surface area contributed by atoms with Crippen molar-refractivity contribution in [3.8, 4) is 0 Å². The van der Waals surface area contributed by atoms with E-state index in [1.165, 1.54) is 12.8 Å². The zero-order valence-electron chi connectivity index (χ0n) is 14.5. The van der Waals surface area contributed by atoms with Gasteiger partial charge in [-0.25, -0.2) is 0 Å². The summed E-state index contributed by atoms with van der Waals surface area (Å²) in [5.41, 5.74) is 1.23. The fourth-order valence-electron chi connectivity index (χ4n) is 2.12. The Bertz CT molecular complexity index is 488. The number of halogens is 1. The van der Waals surface area contributed by atoms with Crippen LogP contribution in [-0.2, 0) is 23.1 Å². The molecule has 7 heteroatoms. The zero-order valence-corrected chi connectivity index (χ0v) is 16.9. The van der Waals surface area contributed by atoms with Crippen LogP contribution in [-0.4, -0.2) is 48.6 Å². The number of aryl methyl sites for hydroxylation is 1. The van der Waals surface area contributed by atoms with Gasteiger partial charge in [-0.3, -0.25) is 9.79 Å². The minimum absolute atomic E-state index is 0. The number of esters is 1. The van der Waals surface area contributed by atoms with Crippen LogP contribution in [0.5, 0.6) is 0 Å². The number of nitrogens with one attached hydrogen (secondary N) is 1. The van der Waals surface area contributed by atoms with Crippen LogP contribution in [0.4, 0.5) is 0 Å². The smallest absolute Gasteiger partial charge is 0.305 e. The minimum Gasteiger partial charge on any atom is -0.469 e. The number of unbranched alkanes of at least 4 members (excludes halogenated alkanes) is 1. The second kappa shape index (κ2) is 12.2. The lowest BCUT2D eigenvalue weighted by molar-refractivity contribution is -0.140. The maximum atomic E-state index is 11.0. The van der Waals surface area contributed by atoms with Crippen LogP contribution in [0.1, 0.15) is 31.9 Å². The number of carbonyl (C=O) groups is 1. The molecule has 0 aromatic carbocycles. The van der Waals surface area contributed by atoms with Crippen LogP contribution in [0.25, 0.3) is 0 Å². The summed E-state index contributed by atoms with van der Waals surface area (Å²) in [5, 5.41) is 3.30. The summed E-state index contributed by atoms with van der Waals surface area (Å²) >= 11 is 0. The quantitative estimate of drug-likeness (QED) is 0.224. The third-order valence-corrected chi connectivity index (χ3v) is 3.43. The molecule has 1 N–H and O–H groups in total. The number of rotatable bonds is 8. The molecule has 0 radical (unpaired) electrons. The fraction of sp³-hybridized carbons (Fsp3) is 0.625. The van der Waals surface area contributed by atoms with Crippen LogP contribution in [0.2, 0.25) is 0 Å². The first-order chi connectivity index (χ1) is 10.6. The van der Waals surface area contributed by atoms with Crippen molar-refractivity contribution in [1.82, 2.24) is 14.8 Å². The van der Waals surface area contributed by atoms with Gasteiger partial charge >= 0.3 is 5.97 Å². The summed E-state index contributed by atoms with van der Waals surface area (Å²) in [6.45, 7) is 4.40. The van der Waals surface area contributed by atoms with Crippen molar-refractivity contribution in [3.63, 3.8) is 0 Å². The first kappa shape index (κ1) is 21.8. The largest absolute Gasteiger partial charge is 0.469 e. The second-order valence-electron chi connectivity index (χ2n) is 5.24. The Morgan fingerprint density at radius 1 is 1.43 bits per heavy atom. The van der Waals surface area contributed by atoms with Gasteiger partial charge < -0.3 is 19.5 Å². The van der Waals surface area contributed by atoms with Crippen LogP contribution in [0.3, 0.4) is 0 Å². The maximum Gasteiger partial charge on any atom is 0.305 e. The molecule has 0 spiro atoms. The molecular weight excluding hydrogens is 407 g/mol. The number of ether oxygens (including phenoxy) is 1. The summed E-state index contributed by atoms with van der Waals surface area (Å²) in [5.74, 6) is 0.735. The first-order valence-electron chi connectivity index (χ1n) is 7.75. The number of nitrogens with zero attached hydrogens (tertiary/aromatic N) is 3. The van der Waals surface area contributed by atoms with Crippen LogP contribution in [0.15, 0.2) is 23.3 Å². The molecular formula is C16H29IN4O2. The Morgan fingerprint density at radius 3 is 2.74 bits per heavy atom. The molecule has 23 heavy (non-hydrogen) atoms. The highest BCUT2D eigenvalue weighted by atomic mass is 127. The molecule has 1 rings (SSSR count). The number of hydrogen-bond donors (Lipinski definition) is 1. The Balaban J connectivity index is 0.00000484.